The summed E-state index contributed by atoms with van der Waals surface area (Å²) in [6.07, 6.45) is 3.23. The number of hydroxylamine groups is 1. The van der Waals surface area contributed by atoms with Gasteiger partial charge in [-0.25, -0.2) is 0 Å². The highest BCUT2D eigenvalue weighted by Crippen LogP contribution is 2.45. The number of hydrogen-bond acceptors (Lipinski definition) is 6. The van der Waals surface area contributed by atoms with E-state index in [1.807, 2.05) is 24.3 Å². The predicted molar refractivity (Wildman–Crippen MR) is 145 cm³/mol. The first-order chi connectivity index (χ1) is 18.2. The standard InChI is InChI=1S/C31H36N2O4/c1-22-8-7-11-24(18-22)27-20-33-15-14-26-25(12-13-30(35-3)31(26)36-17-16-34-2)29(33)19-28(27)32-37-21-23-9-5-4-6-10-23/h4-13,18-19,27,29,32H,14-17,20-21H2,1-3H3/t27?,29-/m0/s1. The first kappa shape index (κ1) is 25.3. The van der Waals surface area contributed by atoms with Gasteiger partial charge in [-0.05, 0) is 42.2 Å². The van der Waals surface area contributed by atoms with Crippen LogP contribution < -0.4 is 15.0 Å². The summed E-state index contributed by atoms with van der Waals surface area (Å²) < 4.78 is 17.0. The van der Waals surface area contributed by atoms with E-state index in [1.54, 1.807) is 14.2 Å². The lowest BCUT2D eigenvalue weighted by atomic mass is 9.83. The minimum Gasteiger partial charge on any atom is -0.493 e. The summed E-state index contributed by atoms with van der Waals surface area (Å²) in [6.45, 7) is 5.53. The van der Waals surface area contributed by atoms with Crippen LogP contribution in [0.15, 0.2) is 78.5 Å². The van der Waals surface area contributed by atoms with Crippen LogP contribution in [0.1, 0.15) is 39.8 Å². The van der Waals surface area contributed by atoms with E-state index < -0.39 is 0 Å². The Balaban J connectivity index is 1.47. The molecule has 5 rings (SSSR count). The molecule has 0 saturated carbocycles. The summed E-state index contributed by atoms with van der Waals surface area (Å²) in [7, 11) is 3.38. The van der Waals surface area contributed by atoms with Gasteiger partial charge < -0.3 is 14.2 Å². The first-order valence-corrected chi connectivity index (χ1v) is 12.9. The summed E-state index contributed by atoms with van der Waals surface area (Å²) in [4.78, 5) is 8.60. The zero-order chi connectivity index (χ0) is 25.6. The van der Waals surface area contributed by atoms with Gasteiger partial charge in [0.1, 0.15) is 6.61 Å². The van der Waals surface area contributed by atoms with Crippen molar-refractivity contribution in [3.05, 3.63) is 106 Å². The molecule has 0 spiro atoms. The van der Waals surface area contributed by atoms with Gasteiger partial charge in [-0.1, -0.05) is 66.2 Å². The zero-order valence-corrected chi connectivity index (χ0v) is 21.9. The fraction of sp³-hybridized carbons (Fsp3) is 0.355. The molecule has 0 saturated heterocycles. The van der Waals surface area contributed by atoms with Crippen molar-refractivity contribution >= 4 is 0 Å². The van der Waals surface area contributed by atoms with Gasteiger partial charge in [0.2, 0.25) is 0 Å². The second-order valence-electron chi connectivity index (χ2n) is 9.66. The molecule has 2 atom stereocenters. The number of nitrogens with one attached hydrogen (secondary N) is 1. The van der Waals surface area contributed by atoms with Crippen molar-refractivity contribution in [1.82, 2.24) is 10.4 Å². The lowest BCUT2D eigenvalue weighted by Gasteiger charge is -2.43. The quantitative estimate of drug-likeness (QED) is 0.300. The van der Waals surface area contributed by atoms with Crippen molar-refractivity contribution in [3.8, 4) is 11.5 Å². The van der Waals surface area contributed by atoms with Gasteiger partial charge in [-0.15, -0.1) is 0 Å². The molecule has 1 N–H and O–H groups in total. The van der Waals surface area contributed by atoms with Gasteiger partial charge in [-0.2, -0.15) is 0 Å². The molecule has 6 heteroatoms. The van der Waals surface area contributed by atoms with Gasteiger partial charge in [-0.3, -0.25) is 15.2 Å². The van der Waals surface area contributed by atoms with E-state index in [9.17, 15) is 0 Å². The molecule has 194 valence electrons. The SMILES string of the molecule is COCCOc1c(OC)ccc2c1CCN1CC(c3cccc(C)c3)C(NOCc3ccccc3)=C[C@@H]21. The second-order valence-corrected chi connectivity index (χ2v) is 9.66. The number of fused-ring (bicyclic) bond motifs is 3. The topological polar surface area (TPSA) is 52.2 Å². The number of nitrogens with zero attached hydrogens (tertiary/aromatic N) is 1. The van der Waals surface area contributed by atoms with Crippen molar-refractivity contribution in [2.24, 2.45) is 0 Å². The monoisotopic (exact) mass is 500 g/mol. The number of benzene rings is 3. The average Bonchev–Trinajstić information content (AvgIpc) is 2.93. The van der Waals surface area contributed by atoms with Crippen molar-refractivity contribution < 1.29 is 19.0 Å². The molecule has 1 unspecified atom stereocenters. The third kappa shape index (κ3) is 5.67. The number of hydrogen-bond donors (Lipinski definition) is 1. The Morgan fingerprint density at radius 2 is 1.84 bits per heavy atom. The van der Waals surface area contributed by atoms with Gasteiger partial charge in [0.05, 0.1) is 26.4 Å². The minimum atomic E-state index is 0.128. The van der Waals surface area contributed by atoms with Crippen LogP contribution in [0, 0.1) is 6.92 Å². The maximum atomic E-state index is 6.16. The summed E-state index contributed by atoms with van der Waals surface area (Å²) in [6, 6.07) is 23.3. The highest BCUT2D eigenvalue weighted by molar-refractivity contribution is 5.54. The number of rotatable bonds is 10. The van der Waals surface area contributed by atoms with Crippen molar-refractivity contribution in [3.63, 3.8) is 0 Å². The molecule has 0 bridgehead atoms. The Labute approximate surface area is 219 Å². The van der Waals surface area contributed by atoms with Crippen LogP contribution in [0.4, 0.5) is 0 Å². The first-order valence-electron chi connectivity index (χ1n) is 12.9. The van der Waals surface area contributed by atoms with Crippen molar-refractivity contribution in [2.75, 3.05) is 40.5 Å². The van der Waals surface area contributed by atoms with E-state index in [0.717, 1.165) is 42.3 Å². The van der Waals surface area contributed by atoms with E-state index in [4.69, 9.17) is 19.0 Å². The van der Waals surface area contributed by atoms with E-state index in [2.05, 4.69) is 65.8 Å². The zero-order valence-electron chi connectivity index (χ0n) is 21.9. The predicted octanol–water partition coefficient (Wildman–Crippen LogP) is 5.33. The number of ether oxygens (including phenoxy) is 3. The Morgan fingerprint density at radius 3 is 2.62 bits per heavy atom. The van der Waals surface area contributed by atoms with E-state index in [1.165, 1.54) is 22.3 Å². The summed E-state index contributed by atoms with van der Waals surface area (Å²) in [5.74, 6) is 1.80. The smallest absolute Gasteiger partial charge is 0.164 e. The van der Waals surface area contributed by atoms with E-state index >= 15 is 0 Å². The molecule has 37 heavy (non-hydrogen) atoms. The molecular weight excluding hydrogens is 464 g/mol. The van der Waals surface area contributed by atoms with Crippen molar-refractivity contribution in [1.29, 1.82) is 0 Å². The van der Waals surface area contributed by atoms with Crippen molar-refractivity contribution in [2.45, 2.75) is 31.9 Å². The molecule has 3 aromatic carbocycles. The lowest BCUT2D eigenvalue weighted by Crippen LogP contribution is -2.43. The molecular formula is C31H36N2O4. The molecule has 0 aromatic heterocycles. The molecule has 3 aromatic rings. The Bertz CT molecular complexity index is 1230. The van der Waals surface area contributed by atoms with Gasteiger partial charge in [0.25, 0.3) is 0 Å². The fourth-order valence-electron chi connectivity index (χ4n) is 5.37. The fourth-order valence-corrected chi connectivity index (χ4v) is 5.37. The van der Waals surface area contributed by atoms with Crippen LogP contribution in [0.2, 0.25) is 0 Å². The molecule has 6 nitrogen and oxygen atoms in total. The minimum absolute atomic E-state index is 0.128. The summed E-state index contributed by atoms with van der Waals surface area (Å²) in [5.41, 5.74) is 10.6. The van der Waals surface area contributed by atoms with E-state index in [-0.39, 0.29) is 12.0 Å². The van der Waals surface area contributed by atoms with Crippen LogP contribution in [0.5, 0.6) is 11.5 Å². The molecule has 0 fully saturated rings. The lowest BCUT2D eigenvalue weighted by molar-refractivity contribution is 0.0386. The van der Waals surface area contributed by atoms with Crippen LogP contribution in [-0.2, 0) is 22.6 Å². The number of aryl methyl sites for hydroxylation is 1. The molecule has 0 amide bonds. The molecule has 0 aliphatic carbocycles. The normalized spacial score (nSPS) is 18.9. The van der Waals surface area contributed by atoms with E-state index in [0.29, 0.717) is 19.8 Å². The van der Waals surface area contributed by atoms with Gasteiger partial charge in [0.15, 0.2) is 11.5 Å². The summed E-state index contributed by atoms with van der Waals surface area (Å²) >= 11 is 0. The third-order valence-corrected chi connectivity index (χ3v) is 7.22. The van der Waals surface area contributed by atoms with Gasteiger partial charge in [0, 0.05) is 37.4 Å². The maximum Gasteiger partial charge on any atom is 0.164 e. The Morgan fingerprint density at radius 1 is 0.973 bits per heavy atom. The molecule has 0 radical (unpaired) electrons. The summed E-state index contributed by atoms with van der Waals surface area (Å²) in [5, 5.41) is 0. The van der Waals surface area contributed by atoms with Crippen LogP contribution in [-0.4, -0.2) is 45.4 Å². The Kier molecular flexibility index (Phi) is 8.09. The average molecular weight is 501 g/mol. The molecule has 2 aliphatic heterocycles. The largest absolute Gasteiger partial charge is 0.493 e. The Hall–Kier alpha value is -3.32. The highest BCUT2D eigenvalue weighted by atomic mass is 16.6. The highest BCUT2D eigenvalue weighted by Gasteiger charge is 2.36. The maximum absolute atomic E-state index is 6.16. The molecule has 2 heterocycles. The second kappa shape index (κ2) is 11.8. The van der Waals surface area contributed by atoms with Gasteiger partial charge >= 0.3 is 0 Å². The van der Waals surface area contributed by atoms with Crippen LogP contribution in [0.3, 0.4) is 0 Å². The molecule has 2 aliphatic rings. The third-order valence-electron chi connectivity index (χ3n) is 7.22. The van der Waals surface area contributed by atoms with Crippen LogP contribution >= 0.6 is 0 Å². The van der Waals surface area contributed by atoms with Crippen LogP contribution in [0.25, 0.3) is 0 Å². The number of methoxy groups -OCH3 is 2.